The molecule has 2 fully saturated rings. The van der Waals surface area contributed by atoms with Crippen LogP contribution in [-0.4, -0.2) is 41.5 Å². The van der Waals surface area contributed by atoms with Crippen molar-refractivity contribution in [3.8, 4) is 0 Å². The molecule has 0 saturated carbocycles. The van der Waals surface area contributed by atoms with Crippen molar-refractivity contribution in [3.05, 3.63) is 33.9 Å². The maximum Gasteiger partial charge on any atom is 0.269 e. The van der Waals surface area contributed by atoms with Gasteiger partial charge in [0.1, 0.15) is 0 Å². The monoisotopic (exact) mass is 309 g/mol. The Morgan fingerprint density at radius 1 is 1.43 bits per heavy atom. The Bertz CT molecular complexity index is 552. The number of nitrogens with zero attached hydrogens (tertiary/aromatic N) is 3. The van der Waals surface area contributed by atoms with Gasteiger partial charge in [0, 0.05) is 48.9 Å². The highest BCUT2D eigenvalue weighted by molar-refractivity contribution is 6.17. The van der Waals surface area contributed by atoms with Crippen molar-refractivity contribution in [2.75, 3.05) is 24.5 Å². The summed E-state index contributed by atoms with van der Waals surface area (Å²) >= 11 is 6.03. The molecule has 0 aliphatic carbocycles. The number of nitro benzene ring substituents is 1. The third-order valence-electron chi connectivity index (χ3n) is 4.66. The van der Waals surface area contributed by atoms with Crippen LogP contribution in [0.2, 0.25) is 0 Å². The molecule has 2 aliphatic rings. The smallest absolute Gasteiger partial charge is 0.269 e. The van der Waals surface area contributed by atoms with Crippen LogP contribution in [0, 0.1) is 10.1 Å². The number of anilines is 1. The third kappa shape index (κ3) is 2.72. The lowest BCUT2D eigenvalue weighted by atomic mass is 10.0. The van der Waals surface area contributed by atoms with E-state index in [1.165, 1.54) is 19.4 Å². The third-order valence-corrected chi connectivity index (χ3v) is 4.95. The van der Waals surface area contributed by atoms with Crippen LogP contribution in [0.15, 0.2) is 18.2 Å². The van der Waals surface area contributed by atoms with Crippen molar-refractivity contribution in [1.82, 2.24) is 4.90 Å². The number of piperazine rings is 1. The highest BCUT2D eigenvalue weighted by Gasteiger charge is 2.35. The number of hydrogen-bond acceptors (Lipinski definition) is 4. The molecule has 2 saturated heterocycles. The Labute approximate surface area is 129 Å². The van der Waals surface area contributed by atoms with E-state index in [4.69, 9.17) is 11.6 Å². The lowest BCUT2D eigenvalue weighted by Gasteiger charge is -2.44. The van der Waals surface area contributed by atoms with E-state index in [9.17, 15) is 10.1 Å². The van der Waals surface area contributed by atoms with E-state index in [2.05, 4.69) is 16.7 Å². The summed E-state index contributed by atoms with van der Waals surface area (Å²) in [6, 6.07) is 6.06. The minimum Gasteiger partial charge on any atom is -0.366 e. The lowest BCUT2D eigenvalue weighted by molar-refractivity contribution is -0.384. The van der Waals surface area contributed by atoms with Gasteiger partial charge in [-0.1, -0.05) is 0 Å². The highest BCUT2D eigenvalue weighted by atomic mass is 35.5. The number of halogens is 1. The first-order valence-corrected chi connectivity index (χ1v) is 7.97. The van der Waals surface area contributed by atoms with E-state index >= 15 is 0 Å². The molecule has 0 aromatic heterocycles. The van der Waals surface area contributed by atoms with Gasteiger partial charge in [0.2, 0.25) is 0 Å². The van der Waals surface area contributed by atoms with Crippen molar-refractivity contribution in [2.24, 2.45) is 0 Å². The Morgan fingerprint density at radius 3 is 2.95 bits per heavy atom. The average molecular weight is 310 g/mol. The Hall–Kier alpha value is -1.33. The summed E-state index contributed by atoms with van der Waals surface area (Å²) < 4.78 is 0. The van der Waals surface area contributed by atoms with Gasteiger partial charge in [0.05, 0.1) is 4.92 Å². The molecule has 2 atom stereocenters. The number of hydrogen-bond donors (Lipinski definition) is 0. The average Bonchev–Trinajstić information content (AvgIpc) is 2.92. The van der Waals surface area contributed by atoms with Crippen LogP contribution in [0.5, 0.6) is 0 Å². The van der Waals surface area contributed by atoms with Crippen molar-refractivity contribution < 1.29 is 4.92 Å². The molecule has 2 heterocycles. The molecule has 2 unspecified atom stereocenters. The van der Waals surface area contributed by atoms with E-state index in [0.29, 0.717) is 18.0 Å². The fourth-order valence-corrected chi connectivity index (χ4v) is 3.81. The molecule has 1 aromatic carbocycles. The number of non-ortho nitro benzene ring substituents is 1. The van der Waals surface area contributed by atoms with E-state index in [0.717, 1.165) is 24.3 Å². The van der Waals surface area contributed by atoms with Crippen molar-refractivity contribution in [3.63, 3.8) is 0 Å². The van der Waals surface area contributed by atoms with Crippen LogP contribution in [-0.2, 0) is 5.88 Å². The first kappa shape index (κ1) is 14.6. The predicted molar refractivity (Wildman–Crippen MR) is 84.1 cm³/mol. The number of benzene rings is 1. The number of nitro groups is 1. The Kier molecular flexibility index (Phi) is 4.04. The van der Waals surface area contributed by atoms with Crippen LogP contribution in [0.4, 0.5) is 11.4 Å². The zero-order valence-corrected chi connectivity index (χ0v) is 12.9. The zero-order valence-electron chi connectivity index (χ0n) is 12.2. The second kappa shape index (κ2) is 5.81. The summed E-state index contributed by atoms with van der Waals surface area (Å²) in [4.78, 5) is 15.5. The predicted octanol–water partition coefficient (Wildman–Crippen LogP) is 3.01. The molecular formula is C15H20ClN3O2. The Balaban J connectivity index is 1.90. The van der Waals surface area contributed by atoms with E-state index in [1.807, 2.05) is 6.07 Å². The topological polar surface area (TPSA) is 49.6 Å². The van der Waals surface area contributed by atoms with Crippen LogP contribution >= 0.6 is 11.6 Å². The molecule has 114 valence electrons. The van der Waals surface area contributed by atoms with Gasteiger partial charge in [0.25, 0.3) is 5.69 Å². The van der Waals surface area contributed by atoms with Crippen molar-refractivity contribution in [2.45, 2.75) is 37.7 Å². The molecule has 2 aliphatic heterocycles. The summed E-state index contributed by atoms with van der Waals surface area (Å²) in [5.74, 6) is 0.300. The van der Waals surface area contributed by atoms with E-state index in [-0.39, 0.29) is 10.6 Å². The van der Waals surface area contributed by atoms with Gasteiger partial charge >= 0.3 is 0 Å². The standard InChI is InChI=1S/C15H20ClN3O2/c1-11-9-17-6-2-3-14(17)10-18(11)15-5-4-13(19(20)21)7-12(15)8-16/h4-5,7,11,14H,2-3,6,8-10H2,1H3. The van der Waals surface area contributed by atoms with Gasteiger partial charge in [0.15, 0.2) is 0 Å². The summed E-state index contributed by atoms with van der Waals surface area (Å²) in [6.45, 7) is 5.46. The summed E-state index contributed by atoms with van der Waals surface area (Å²) in [5, 5.41) is 10.9. The number of alkyl halides is 1. The van der Waals surface area contributed by atoms with Crippen molar-refractivity contribution in [1.29, 1.82) is 0 Å². The van der Waals surface area contributed by atoms with Crippen molar-refractivity contribution >= 4 is 23.0 Å². The fraction of sp³-hybridized carbons (Fsp3) is 0.600. The molecule has 0 amide bonds. The molecule has 1 aromatic rings. The molecule has 0 spiro atoms. The minimum absolute atomic E-state index is 0.113. The van der Waals surface area contributed by atoms with E-state index < -0.39 is 0 Å². The largest absolute Gasteiger partial charge is 0.366 e. The lowest BCUT2D eigenvalue weighted by Crippen LogP contribution is -2.55. The molecular weight excluding hydrogens is 290 g/mol. The molecule has 0 bridgehead atoms. The van der Waals surface area contributed by atoms with Gasteiger partial charge in [-0.2, -0.15) is 0 Å². The molecule has 3 rings (SSSR count). The minimum atomic E-state index is -0.363. The van der Waals surface area contributed by atoms with Crippen LogP contribution in [0.1, 0.15) is 25.3 Å². The van der Waals surface area contributed by atoms with Gasteiger partial charge in [-0.3, -0.25) is 15.0 Å². The van der Waals surface area contributed by atoms with Crippen LogP contribution in [0.3, 0.4) is 0 Å². The fourth-order valence-electron chi connectivity index (χ4n) is 3.60. The second-order valence-electron chi connectivity index (χ2n) is 6.00. The first-order valence-electron chi connectivity index (χ1n) is 7.44. The maximum atomic E-state index is 10.9. The van der Waals surface area contributed by atoms with Gasteiger partial charge in [-0.25, -0.2) is 0 Å². The van der Waals surface area contributed by atoms with Crippen LogP contribution < -0.4 is 4.90 Å². The van der Waals surface area contributed by atoms with E-state index in [1.54, 1.807) is 12.1 Å². The highest BCUT2D eigenvalue weighted by Crippen LogP contribution is 2.33. The molecule has 5 nitrogen and oxygen atoms in total. The molecule has 6 heteroatoms. The molecule has 21 heavy (non-hydrogen) atoms. The zero-order chi connectivity index (χ0) is 15.0. The second-order valence-corrected chi connectivity index (χ2v) is 6.26. The number of rotatable bonds is 3. The Morgan fingerprint density at radius 2 is 2.24 bits per heavy atom. The molecule has 0 N–H and O–H groups in total. The summed E-state index contributed by atoms with van der Waals surface area (Å²) in [5.41, 5.74) is 2.01. The quantitative estimate of drug-likeness (QED) is 0.489. The van der Waals surface area contributed by atoms with Gasteiger partial charge < -0.3 is 4.90 Å². The van der Waals surface area contributed by atoms with Gasteiger partial charge in [-0.05, 0) is 37.9 Å². The maximum absolute atomic E-state index is 10.9. The normalized spacial score (nSPS) is 25.9. The van der Waals surface area contributed by atoms with Crippen LogP contribution in [0.25, 0.3) is 0 Å². The number of fused-ring (bicyclic) bond motifs is 1. The first-order chi connectivity index (χ1) is 10.1. The SMILES string of the molecule is CC1CN2CCCC2CN1c1ccc([N+](=O)[O-])cc1CCl. The molecule has 0 radical (unpaired) electrons. The summed E-state index contributed by atoms with van der Waals surface area (Å²) in [6.07, 6.45) is 2.51. The summed E-state index contributed by atoms with van der Waals surface area (Å²) in [7, 11) is 0. The van der Waals surface area contributed by atoms with Gasteiger partial charge in [-0.15, -0.1) is 11.6 Å².